The molecule has 0 unspecified atom stereocenters. The molecule has 0 bridgehead atoms. The molecule has 1 N–H and O–H groups in total. The van der Waals surface area contributed by atoms with Crippen molar-refractivity contribution in [2.24, 2.45) is 0 Å². The van der Waals surface area contributed by atoms with E-state index in [1.165, 1.54) is 37.1 Å². The van der Waals surface area contributed by atoms with Crippen molar-refractivity contribution in [3.8, 4) is 11.4 Å². The van der Waals surface area contributed by atoms with Gasteiger partial charge in [0, 0.05) is 30.2 Å². The number of aromatic nitrogens is 1. The third kappa shape index (κ3) is 2.88. The zero-order valence-corrected chi connectivity index (χ0v) is 12.0. The smallest absolute Gasteiger partial charge is 0.119 e. The Balaban J connectivity index is 1.71. The summed E-state index contributed by atoms with van der Waals surface area (Å²) in [6.07, 6.45) is 7.51. The monoisotopic (exact) mass is 270 g/mol. The number of nitrogens with zero attached hydrogens (tertiary/aromatic N) is 1. The molecule has 1 aliphatic rings. The molecule has 1 aliphatic carbocycles. The van der Waals surface area contributed by atoms with Crippen molar-refractivity contribution >= 4 is 0 Å². The Bertz CT molecular complexity index is 538. The highest BCUT2D eigenvalue weighted by atomic mass is 16.5. The fraction of sp³-hybridized carbons (Fsp3) is 0.412. The number of hydrogen-bond donors (Lipinski definition) is 1. The van der Waals surface area contributed by atoms with Gasteiger partial charge in [0.05, 0.1) is 7.11 Å². The van der Waals surface area contributed by atoms with Crippen LogP contribution in [0.15, 0.2) is 42.6 Å². The van der Waals surface area contributed by atoms with Crippen molar-refractivity contribution < 1.29 is 4.74 Å². The van der Waals surface area contributed by atoms with Crippen molar-refractivity contribution in [2.75, 3.05) is 7.11 Å². The second-order valence-corrected chi connectivity index (χ2v) is 5.43. The molecule has 0 aliphatic heterocycles. The van der Waals surface area contributed by atoms with E-state index in [1.54, 1.807) is 7.11 Å². The SMILES string of the molecule is COc1ccc(-n2cccc2CNC2CCCC2)cc1. The summed E-state index contributed by atoms with van der Waals surface area (Å²) in [5.74, 6) is 0.895. The quantitative estimate of drug-likeness (QED) is 0.899. The Hall–Kier alpha value is -1.74. The summed E-state index contributed by atoms with van der Waals surface area (Å²) in [6, 6.07) is 13.2. The molecular weight excluding hydrogens is 248 g/mol. The number of ether oxygens (including phenoxy) is 1. The zero-order chi connectivity index (χ0) is 13.8. The minimum atomic E-state index is 0.703. The van der Waals surface area contributed by atoms with Crippen LogP contribution in [0.2, 0.25) is 0 Å². The molecule has 1 aromatic carbocycles. The first-order chi connectivity index (χ1) is 9.86. The second kappa shape index (κ2) is 6.14. The highest BCUT2D eigenvalue weighted by Crippen LogP contribution is 2.20. The van der Waals surface area contributed by atoms with Gasteiger partial charge in [0.25, 0.3) is 0 Å². The van der Waals surface area contributed by atoms with E-state index in [-0.39, 0.29) is 0 Å². The van der Waals surface area contributed by atoms with E-state index >= 15 is 0 Å². The van der Waals surface area contributed by atoms with Crippen LogP contribution < -0.4 is 10.1 Å². The number of methoxy groups -OCH3 is 1. The average Bonchev–Trinajstić information content (AvgIpc) is 3.16. The Morgan fingerprint density at radius 1 is 1.15 bits per heavy atom. The van der Waals surface area contributed by atoms with Crippen molar-refractivity contribution in [2.45, 2.75) is 38.3 Å². The van der Waals surface area contributed by atoms with Crippen LogP contribution in [0, 0.1) is 0 Å². The number of benzene rings is 1. The van der Waals surface area contributed by atoms with Gasteiger partial charge in [-0.3, -0.25) is 0 Å². The molecule has 3 nitrogen and oxygen atoms in total. The highest BCUT2D eigenvalue weighted by molar-refractivity contribution is 5.39. The maximum Gasteiger partial charge on any atom is 0.119 e. The maximum absolute atomic E-state index is 5.21. The van der Waals surface area contributed by atoms with E-state index in [4.69, 9.17) is 4.74 Å². The molecule has 1 heterocycles. The zero-order valence-electron chi connectivity index (χ0n) is 12.0. The van der Waals surface area contributed by atoms with Crippen LogP contribution >= 0.6 is 0 Å². The predicted octanol–water partition coefficient (Wildman–Crippen LogP) is 3.52. The molecular formula is C17H22N2O. The summed E-state index contributed by atoms with van der Waals surface area (Å²) in [5, 5.41) is 3.67. The van der Waals surface area contributed by atoms with Gasteiger partial charge >= 0.3 is 0 Å². The first-order valence-corrected chi connectivity index (χ1v) is 7.41. The molecule has 1 aromatic heterocycles. The van der Waals surface area contributed by atoms with Crippen molar-refractivity contribution in [3.63, 3.8) is 0 Å². The summed E-state index contributed by atoms with van der Waals surface area (Å²) in [5.41, 5.74) is 2.49. The number of rotatable bonds is 5. The van der Waals surface area contributed by atoms with Crippen molar-refractivity contribution in [1.29, 1.82) is 0 Å². The molecule has 0 radical (unpaired) electrons. The van der Waals surface area contributed by atoms with Gasteiger partial charge in [-0.05, 0) is 49.2 Å². The fourth-order valence-electron chi connectivity index (χ4n) is 2.93. The Kier molecular flexibility index (Phi) is 4.07. The molecule has 0 amide bonds. The lowest BCUT2D eigenvalue weighted by Crippen LogP contribution is -2.26. The molecule has 1 saturated carbocycles. The van der Waals surface area contributed by atoms with Crippen LogP contribution in [0.25, 0.3) is 5.69 Å². The largest absolute Gasteiger partial charge is 0.497 e. The van der Waals surface area contributed by atoms with Crippen LogP contribution in [0.5, 0.6) is 5.75 Å². The van der Waals surface area contributed by atoms with E-state index in [2.05, 4.69) is 40.3 Å². The summed E-state index contributed by atoms with van der Waals surface area (Å²) in [4.78, 5) is 0. The summed E-state index contributed by atoms with van der Waals surface area (Å²) in [7, 11) is 1.70. The van der Waals surface area contributed by atoms with Crippen LogP contribution in [0.3, 0.4) is 0 Å². The fourth-order valence-corrected chi connectivity index (χ4v) is 2.93. The maximum atomic E-state index is 5.21. The van der Waals surface area contributed by atoms with Gasteiger partial charge in [-0.2, -0.15) is 0 Å². The van der Waals surface area contributed by atoms with Gasteiger partial charge in [0.2, 0.25) is 0 Å². The summed E-state index contributed by atoms with van der Waals surface area (Å²) in [6.45, 7) is 0.934. The van der Waals surface area contributed by atoms with E-state index in [0.29, 0.717) is 6.04 Å². The van der Waals surface area contributed by atoms with Gasteiger partial charge in [0.15, 0.2) is 0 Å². The molecule has 0 saturated heterocycles. The topological polar surface area (TPSA) is 26.2 Å². The van der Waals surface area contributed by atoms with E-state index in [0.717, 1.165) is 12.3 Å². The molecule has 0 atom stereocenters. The Morgan fingerprint density at radius 3 is 2.60 bits per heavy atom. The van der Waals surface area contributed by atoms with Crippen molar-refractivity contribution in [3.05, 3.63) is 48.3 Å². The standard InChI is InChI=1S/C17H22N2O/c1-20-17-10-8-15(9-11-17)19-12-4-7-16(19)13-18-14-5-2-3-6-14/h4,7-12,14,18H,2-3,5-6,13H2,1H3. The first kappa shape index (κ1) is 13.3. The molecule has 2 aromatic rings. The van der Waals surface area contributed by atoms with E-state index < -0.39 is 0 Å². The Morgan fingerprint density at radius 2 is 1.90 bits per heavy atom. The van der Waals surface area contributed by atoms with Crippen LogP contribution in [-0.2, 0) is 6.54 Å². The molecule has 3 heteroatoms. The van der Waals surface area contributed by atoms with Crippen molar-refractivity contribution in [1.82, 2.24) is 9.88 Å². The van der Waals surface area contributed by atoms with Crippen LogP contribution in [0.1, 0.15) is 31.4 Å². The first-order valence-electron chi connectivity index (χ1n) is 7.41. The van der Waals surface area contributed by atoms with E-state index in [9.17, 15) is 0 Å². The third-order valence-corrected chi connectivity index (χ3v) is 4.11. The number of hydrogen-bond acceptors (Lipinski definition) is 2. The van der Waals surface area contributed by atoms with Gasteiger partial charge in [0.1, 0.15) is 5.75 Å². The molecule has 20 heavy (non-hydrogen) atoms. The molecule has 106 valence electrons. The van der Waals surface area contributed by atoms with Gasteiger partial charge in [-0.15, -0.1) is 0 Å². The predicted molar refractivity (Wildman–Crippen MR) is 81.4 cm³/mol. The minimum absolute atomic E-state index is 0.703. The molecule has 3 rings (SSSR count). The van der Waals surface area contributed by atoms with Gasteiger partial charge in [-0.25, -0.2) is 0 Å². The summed E-state index contributed by atoms with van der Waals surface area (Å²) < 4.78 is 7.45. The summed E-state index contributed by atoms with van der Waals surface area (Å²) >= 11 is 0. The average molecular weight is 270 g/mol. The highest BCUT2D eigenvalue weighted by Gasteiger charge is 2.14. The Labute approximate surface area is 120 Å². The molecule has 0 spiro atoms. The van der Waals surface area contributed by atoms with Gasteiger partial charge in [-0.1, -0.05) is 12.8 Å². The molecule has 1 fully saturated rings. The van der Waals surface area contributed by atoms with E-state index in [1.807, 2.05) is 12.1 Å². The van der Waals surface area contributed by atoms with Crippen LogP contribution in [0.4, 0.5) is 0 Å². The lowest BCUT2D eigenvalue weighted by Gasteiger charge is -2.14. The van der Waals surface area contributed by atoms with Gasteiger partial charge < -0.3 is 14.6 Å². The minimum Gasteiger partial charge on any atom is -0.497 e. The normalized spacial score (nSPS) is 15.7. The third-order valence-electron chi connectivity index (χ3n) is 4.11. The lowest BCUT2D eigenvalue weighted by atomic mass is 10.2. The lowest BCUT2D eigenvalue weighted by molar-refractivity contribution is 0.414. The number of nitrogens with one attached hydrogen (secondary N) is 1. The van der Waals surface area contributed by atoms with Crippen LogP contribution in [-0.4, -0.2) is 17.7 Å². The second-order valence-electron chi connectivity index (χ2n) is 5.43.